The molecular formula is C45H28N4OS. The molecule has 0 radical (unpaired) electrons. The average molecular weight is 673 g/mol. The molecule has 0 spiro atoms. The first-order valence-corrected chi connectivity index (χ1v) is 18.0. The third-order valence-electron chi connectivity index (χ3n) is 10.2. The number of hydrogen-bond acceptors (Lipinski definition) is 5. The van der Waals surface area contributed by atoms with Gasteiger partial charge in [0.05, 0.1) is 16.3 Å². The molecule has 0 bridgehead atoms. The molecule has 1 atom stereocenters. The van der Waals surface area contributed by atoms with E-state index in [-0.39, 0.29) is 6.04 Å². The van der Waals surface area contributed by atoms with Crippen LogP contribution in [0, 0.1) is 0 Å². The Kier molecular flexibility index (Phi) is 6.18. The van der Waals surface area contributed by atoms with Gasteiger partial charge in [0.15, 0.2) is 23.1 Å². The van der Waals surface area contributed by atoms with Crippen LogP contribution in [-0.4, -0.2) is 19.5 Å². The van der Waals surface area contributed by atoms with Crippen LogP contribution in [0.2, 0.25) is 0 Å². The third kappa shape index (κ3) is 4.30. The molecule has 0 aliphatic heterocycles. The van der Waals surface area contributed by atoms with Gasteiger partial charge in [0.25, 0.3) is 0 Å². The van der Waals surface area contributed by atoms with Crippen LogP contribution < -0.4 is 0 Å². The molecule has 6 aromatic carbocycles. The third-order valence-corrected chi connectivity index (χ3v) is 11.3. The molecule has 11 rings (SSSR count). The number of allylic oxidation sites excluding steroid dienone is 4. The van der Waals surface area contributed by atoms with Crippen LogP contribution in [0.15, 0.2) is 156 Å². The number of hydrogen-bond donors (Lipinski definition) is 0. The van der Waals surface area contributed by atoms with E-state index in [9.17, 15) is 0 Å². The molecule has 0 amide bonds. The van der Waals surface area contributed by atoms with Crippen molar-refractivity contribution in [3.8, 4) is 22.8 Å². The topological polar surface area (TPSA) is 56.7 Å². The fourth-order valence-corrected chi connectivity index (χ4v) is 9.15. The molecule has 0 fully saturated rings. The van der Waals surface area contributed by atoms with Gasteiger partial charge < -0.3 is 8.98 Å². The van der Waals surface area contributed by atoms with Gasteiger partial charge in [0.2, 0.25) is 0 Å². The maximum absolute atomic E-state index is 6.73. The summed E-state index contributed by atoms with van der Waals surface area (Å²) >= 11 is 1.82. The lowest BCUT2D eigenvalue weighted by atomic mass is 9.98. The second kappa shape index (κ2) is 11.1. The number of para-hydroxylation sites is 2. The first-order valence-electron chi connectivity index (χ1n) is 17.2. The van der Waals surface area contributed by atoms with Crippen LogP contribution in [0.1, 0.15) is 18.3 Å². The Morgan fingerprint density at radius 1 is 0.588 bits per heavy atom. The second-order valence-corrected chi connectivity index (χ2v) is 14.2. The average Bonchev–Trinajstić information content (AvgIpc) is 3.88. The Bertz CT molecular complexity index is 3000. The first-order chi connectivity index (χ1) is 25.3. The molecule has 4 aromatic heterocycles. The highest BCUT2D eigenvalue weighted by molar-refractivity contribution is 7.26. The summed E-state index contributed by atoms with van der Waals surface area (Å²) in [4.78, 5) is 15.1. The summed E-state index contributed by atoms with van der Waals surface area (Å²) in [5.41, 5.74) is 7.32. The Hall–Kier alpha value is -6.37. The second-order valence-electron chi connectivity index (χ2n) is 13.1. The fraction of sp³-hybridized carbons (Fsp3) is 0.0444. The molecule has 0 saturated carbocycles. The molecule has 5 nitrogen and oxygen atoms in total. The number of furan rings is 1. The monoisotopic (exact) mass is 672 g/mol. The minimum Gasteiger partial charge on any atom is -0.455 e. The summed E-state index contributed by atoms with van der Waals surface area (Å²) in [6, 6.07) is 46.4. The van der Waals surface area contributed by atoms with E-state index in [4.69, 9.17) is 19.4 Å². The van der Waals surface area contributed by atoms with Crippen LogP contribution in [0.3, 0.4) is 0 Å². The summed E-state index contributed by atoms with van der Waals surface area (Å²) in [7, 11) is 0. The Labute approximate surface area is 296 Å². The minimum atomic E-state index is 0.0157. The van der Waals surface area contributed by atoms with Crippen molar-refractivity contribution in [2.45, 2.75) is 12.5 Å². The van der Waals surface area contributed by atoms with E-state index in [0.29, 0.717) is 17.5 Å². The van der Waals surface area contributed by atoms with Crippen LogP contribution in [0.4, 0.5) is 0 Å². The number of benzene rings is 6. The Morgan fingerprint density at radius 3 is 1.98 bits per heavy atom. The fourth-order valence-electron chi connectivity index (χ4n) is 7.96. The number of rotatable bonds is 4. The summed E-state index contributed by atoms with van der Waals surface area (Å²) in [6.45, 7) is 0. The van der Waals surface area contributed by atoms with Crippen molar-refractivity contribution < 1.29 is 4.42 Å². The lowest BCUT2D eigenvalue weighted by molar-refractivity contribution is 0.654. The maximum Gasteiger partial charge on any atom is 0.164 e. The molecule has 0 saturated heterocycles. The van der Waals surface area contributed by atoms with Gasteiger partial charge in [-0.05, 0) is 23.8 Å². The van der Waals surface area contributed by atoms with E-state index in [0.717, 1.165) is 39.7 Å². The van der Waals surface area contributed by atoms with Crippen molar-refractivity contribution >= 4 is 80.8 Å². The molecule has 1 unspecified atom stereocenters. The highest BCUT2D eigenvalue weighted by Gasteiger charge is 2.28. The zero-order chi connectivity index (χ0) is 33.5. The summed E-state index contributed by atoms with van der Waals surface area (Å²) < 4.78 is 11.7. The van der Waals surface area contributed by atoms with Crippen LogP contribution >= 0.6 is 11.3 Å². The van der Waals surface area contributed by atoms with E-state index in [1.807, 2.05) is 47.7 Å². The highest BCUT2D eigenvalue weighted by Crippen LogP contribution is 2.51. The molecule has 240 valence electrons. The summed E-state index contributed by atoms with van der Waals surface area (Å²) in [5, 5.41) is 7.29. The lowest BCUT2D eigenvalue weighted by Crippen LogP contribution is -2.11. The van der Waals surface area contributed by atoms with E-state index in [2.05, 4.69) is 120 Å². The highest BCUT2D eigenvalue weighted by atomic mass is 32.1. The van der Waals surface area contributed by atoms with Crippen molar-refractivity contribution in [3.63, 3.8) is 0 Å². The van der Waals surface area contributed by atoms with E-state index < -0.39 is 0 Å². The largest absolute Gasteiger partial charge is 0.455 e. The van der Waals surface area contributed by atoms with Crippen LogP contribution in [0.25, 0.3) is 92.3 Å². The van der Waals surface area contributed by atoms with Gasteiger partial charge in [-0.3, -0.25) is 0 Å². The van der Waals surface area contributed by atoms with Crippen molar-refractivity contribution in [1.82, 2.24) is 19.5 Å². The SMILES string of the molecule is C1=CC(n2c3ccccc3c3c4c5ccccc5oc4c4sc5ccccc5c4c32)CC(c2nc(-c3ccccc3)nc(-c3ccccc3)n2)=C1. The van der Waals surface area contributed by atoms with Crippen molar-refractivity contribution in [1.29, 1.82) is 0 Å². The molecule has 6 heteroatoms. The molecule has 4 heterocycles. The van der Waals surface area contributed by atoms with E-state index in [1.54, 1.807) is 0 Å². The normalized spacial score (nSPS) is 14.8. The molecule has 1 aliphatic rings. The predicted octanol–water partition coefficient (Wildman–Crippen LogP) is 12.2. The quantitative estimate of drug-likeness (QED) is 0.187. The van der Waals surface area contributed by atoms with Gasteiger partial charge in [0.1, 0.15) is 5.58 Å². The van der Waals surface area contributed by atoms with Gasteiger partial charge in [-0.2, -0.15) is 0 Å². The molecule has 51 heavy (non-hydrogen) atoms. The molecule has 10 aromatic rings. The Morgan fingerprint density at radius 2 is 1.22 bits per heavy atom. The summed E-state index contributed by atoms with van der Waals surface area (Å²) in [6.07, 6.45) is 7.39. The minimum absolute atomic E-state index is 0.0157. The van der Waals surface area contributed by atoms with E-state index in [1.165, 1.54) is 47.4 Å². The van der Waals surface area contributed by atoms with Gasteiger partial charge in [-0.25, -0.2) is 15.0 Å². The number of fused-ring (bicyclic) bond motifs is 12. The molecule has 1 aliphatic carbocycles. The van der Waals surface area contributed by atoms with Gasteiger partial charge in [0, 0.05) is 60.1 Å². The summed E-state index contributed by atoms with van der Waals surface area (Å²) in [5.74, 6) is 2.04. The first kappa shape index (κ1) is 28.5. The van der Waals surface area contributed by atoms with Crippen molar-refractivity contribution in [3.05, 3.63) is 158 Å². The van der Waals surface area contributed by atoms with E-state index >= 15 is 0 Å². The number of aromatic nitrogens is 4. The van der Waals surface area contributed by atoms with Crippen LogP contribution in [0.5, 0.6) is 0 Å². The smallest absolute Gasteiger partial charge is 0.164 e. The van der Waals surface area contributed by atoms with Crippen molar-refractivity contribution in [2.24, 2.45) is 0 Å². The predicted molar refractivity (Wildman–Crippen MR) is 211 cm³/mol. The zero-order valence-electron chi connectivity index (χ0n) is 27.3. The molecule has 0 N–H and O–H groups in total. The molecular weight excluding hydrogens is 645 g/mol. The standard InChI is InChI=1S/C45H28N4OS/c1-3-14-27(15-4-1)43-46-44(28-16-5-2-6-17-28)48-45(47-43)29-18-13-19-30(26-29)49-34-23-10-7-20-31(34)37-38-32-21-8-11-24-35(32)50-41(38)42-39(40(37)49)33-22-9-12-25-36(33)51-42/h1-25,30H,26H2. The number of thiophene rings is 1. The van der Waals surface area contributed by atoms with Gasteiger partial charge in [-0.15, -0.1) is 11.3 Å². The number of nitrogens with zero attached hydrogens (tertiary/aromatic N) is 4. The van der Waals surface area contributed by atoms with Gasteiger partial charge in [-0.1, -0.05) is 133 Å². The van der Waals surface area contributed by atoms with Gasteiger partial charge >= 0.3 is 0 Å². The Balaban J connectivity index is 1.17. The van der Waals surface area contributed by atoms with Crippen LogP contribution in [-0.2, 0) is 0 Å². The van der Waals surface area contributed by atoms with Crippen molar-refractivity contribution in [2.75, 3.05) is 0 Å². The lowest BCUT2D eigenvalue weighted by Gasteiger charge is -2.23. The zero-order valence-corrected chi connectivity index (χ0v) is 28.1. The maximum atomic E-state index is 6.73.